The zero-order valence-corrected chi connectivity index (χ0v) is 6.99. The van der Waals surface area contributed by atoms with E-state index >= 15 is 0 Å². The average Bonchev–Trinajstić information content (AvgIpc) is 2.34. The minimum Gasteiger partial charge on any atom is -0.198 e. The smallest absolute Gasteiger partial charge is 0.0621 e. The van der Waals surface area contributed by atoms with Crippen molar-refractivity contribution >= 4 is 12.4 Å². The van der Waals surface area contributed by atoms with Crippen molar-refractivity contribution in [1.82, 2.24) is 0 Å². The van der Waals surface area contributed by atoms with Crippen LogP contribution in [0.2, 0.25) is 0 Å². The van der Waals surface area contributed by atoms with Crippen LogP contribution >= 0.6 is 12.4 Å². The summed E-state index contributed by atoms with van der Waals surface area (Å²) in [5.41, 5.74) is 0. The molecule has 58 valence electrons. The molecule has 1 saturated carbocycles. The topological polar surface area (TPSA) is 23.8 Å². The second-order valence-electron chi connectivity index (χ2n) is 2.85. The van der Waals surface area contributed by atoms with Gasteiger partial charge in [0.15, 0.2) is 0 Å². The molecule has 0 aliphatic heterocycles. The van der Waals surface area contributed by atoms with Crippen LogP contribution in [0.25, 0.3) is 0 Å². The number of halogens is 1. The third kappa shape index (κ3) is 3.08. The first-order valence-corrected chi connectivity index (χ1v) is 3.80. The Morgan fingerprint density at radius 1 is 1.30 bits per heavy atom. The second-order valence-corrected chi connectivity index (χ2v) is 2.85. The van der Waals surface area contributed by atoms with Crippen molar-refractivity contribution < 1.29 is 0 Å². The van der Waals surface area contributed by atoms with Crippen LogP contribution in [-0.2, 0) is 0 Å². The van der Waals surface area contributed by atoms with E-state index in [1.165, 1.54) is 25.7 Å². The van der Waals surface area contributed by atoms with Crippen LogP contribution in [0.15, 0.2) is 0 Å². The molecule has 0 bridgehead atoms. The van der Waals surface area contributed by atoms with Crippen molar-refractivity contribution in [3.05, 3.63) is 0 Å². The van der Waals surface area contributed by atoms with E-state index in [9.17, 15) is 0 Å². The van der Waals surface area contributed by atoms with Gasteiger partial charge in [-0.05, 0) is 12.3 Å². The summed E-state index contributed by atoms with van der Waals surface area (Å²) in [6.45, 7) is 0. The molecule has 1 aliphatic carbocycles. The highest BCUT2D eigenvalue weighted by atomic mass is 35.5. The summed E-state index contributed by atoms with van der Waals surface area (Å²) in [6.07, 6.45) is 7.47. The van der Waals surface area contributed by atoms with Gasteiger partial charge in [-0.1, -0.05) is 25.7 Å². The number of hydrogen-bond donors (Lipinski definition) is 0. The lowest BCUT2D eigenvalue weighted by molar-refractivity contribution is 0.511. The van der Waals surface area contributed by atoms with Gasteiger partial charge in [-0.25, -0.2) is 0 Å². The van der Waals surface area contributed by atoms with Gasteiger partial charge < -0.3 is 0 Å². The van der Waals surface area contributed by atoms with Gasteiger partial charge in [-0.15, -0.1) is 12.4 Å². The van der Waals surface area contributed by atoms with E-state index in [4.69, 9.17) is 5.26 Å². The van der Waals surface area contributed by atoms with E-state index in [1.807, 2.05) is 0 Å². The fourth-order valence-electron chi connectivity index (χ4n) is 1.57. The monoisotopic (exact) mass is 159 g/mol. The third-order valence-corrected chi connectivity index (χ3v) is 2.14. The normalized spacial score (nSPS) is 17.9. The molecule has 0 unspecified atom stereocenters. The fourth-order valence-corrected chi connectivity index (χ4v) is 1.57. The molecular weight excluding hydrogens is 146 g/mol. The zero-order valence-electron chi connectivity index (χ0n) is 6.18. The molecular formula is C8H14ClN. The molecule has 0 aromatic carbocycles. The molecule has 0 atom stereocenters. The fraction of sp³-hybridized carbons (Fsp3) is 0.875. The van der Waals surface area contributed by atoms with E-state index in [1.54, 1.807) is 0 Å². The lowest BCUT2D eigenvalue weighted by atomic mass is 10.0. The summed E-state index contributed by atoms with van der Waals surface area (Å²) in [4.78, 5) is 0. The molecule has 1 nitrogen and oxygen atoms in total. The van der Waals surface area contributed by atoms with Crippen LogP contribution in [0.3, 0.4) is 0 Å². The van der Waals surface area contributed by atoms with E-state index < -0.39 is 0 Å². The molecule has 0 heterocycles. The molecule has 0 spiro atoms. The van der Waals surface area contributed by atoms with Crippen LogP contribution in [0.5, 0.6) is 0 Å². The summed E-state index contributed by atoms with van der Waals surface area (Å²) < 4.78 is 0. The second kappa shape index (κ2) is 5.56. The minimum absolute atomic E-state index is 0. The Hall–Kier alpha value is -0.220. The van der Waals surface area contributed by atoms with E-state index in [-0.39, 0.29) is 12.4 Å². The molecule has 10 heavy (non-hydrogen) atoms. The number of rotatable bonds is 2. The molecule has 0 saturated heterocycles. The van der Waals surface area contributed by atoms with E-state index in [0.717, 1.165) is 18.8 Å². The summed E-state index contributed by atoms with van der Waals surface area (Å²) in [6, 6.07) is 2.19. The highest BCUT2D eigenvalue weighted by molar-refractivity contribution is 5.85. The Morgan fingerprint density at radius 2 is 1.90 bits per heavy atom. The van der Waals surface area contributed by atoms with Crippen molar-refractivity contribution in [2.75, 3.05) is 0 Å². The van der Waals surface area contributed by atoms with Crippen LogP contribution in [-0.4, -0.2) is 0 Å². The molecule has 0 N–H and O–H groups in total. The number of nitrogens with zero attached hydrogens (tertiary/aromatic N) is 1. The van der Waals surface area contributed by atoms with Gasteiger partial charge in [0.05, 0.1) is 6.07 Å². The van der Waals surface area contributed by atoms with Gasteiger partial charge in [0.2, 0.25) is 0 Å². The maximum absolute atomic E-state index is 8.28. The molecule has 0 amide bonds. The van der Waals surface area contributed by atoms with E-state index in [0.29, 0.717) is 0 Å². The first kappa shape index (κ1) is 9.78. The first-order valence-electron chi connectivity index (χ1n) is 3.80. The average molecular weight is 160 g/mol. The molecule has 1 aliphatic rings. The highest BCUT2D eigenvalue weighted by Crippen LogP contribution is 2.27. The molecule has 0 aromatic heterocycles. The zero-order chi connectivity index (χ0) is 6.53. The van der Waals surface area contributed by atoms with Gasteiger partial charge in [0.25, 0.3) is 0 Å². The van der Waals surface area contributed by atoms with Crippen molar-refractivity contribution in [1.29, 1.82) is 5.26 Å². The summed E-state index contributed by atoms with van der Waals surface area (Å²) in [5.74, 6) is 0.893. The van der Waals surface area contributed by atoms with Gasteiger partial charge in [-0.2, -0.15) is 5.26 Å². The predicted octanol–water partition coefficient (Wildman–Crippen LogP) is 2.90. The van der Waals surface area contributed by atoms with Crippen molar-refractivity contribution in [2.24, 2.45) is 5.92 Å². The Kier molecular flexibility index (Phi) is 5.43. The first-order chi connectivity index (χ1) is 4.43. The Balaban J connectivity index is 0.000000810. The molecule has 2 heteroatoms. The van der Waals surface area contributed by atoms with Gasteiger partial charge >= 0.3 is 0 Å². The number of hydrogen-bond acceptors (Lipinski definition) is 1. The van der Waals surface area contributed by atoms with Crippen LogP contribution < -0.4 is 0 Å². The standard InChI is InChI=1S/C8H13N.ClH/c9-7-3-6-8-4-1-2-5-8;/h8H,1-6H2;1H. The van der Waals surface area contributed by atoms with Gasteiger partial charge in [-0.3, -0.25) is 0 Å². The maximum Gasteiger partial charge on any atom is 0.0621 e. The van der Waals surface area contributed by atoms with Crippen molar-refractivity contribution in [2.45, 2.75) is 38.5 Å². The summed E-state index contributed by atoms with van der Waals surface area (Å²) in [5, 5.41) is 8.28. The largest absolute Gasteiger partial charge is 0.198 e. The Bertz CT molecular complexity index is 111. The quantitative estimate of drug-likeness (QED) is 0.608. The predicted molar refractivity (Wildman–Crippen MR) is 44.1 cm³/mol. The summed E-state index contributed by atoms with van der Waals surface area (Å²) in [7, 11) is 0. The lowest BCUT2D eigenvalue weighted by Crippen LogP contribution is -1.90. The van der Waals surface area contributed by atoms with Gasteiger partial charge in [0.1, 0.15) is 0 Å². The van der Waals surface area contributed by atoms with Crippen LogP contribution in [0, 0.1) is 17.2 Å². The molecule has 0 aromatic rings. The molecule has 0 radical (unpaired) electrons. The van der Waals surface area contributed by atoms with Crippen LogP contribution in [0.4, 0.5) is 0 Å². The number of nitriles is 1. The Morgan fingerprint density at radius 3 is 2.40 bits per heavy atom. The SMILES string of the molecule is Cl.N#CCCC1CCCC1. The van der Waals surface area contributed by atoms with Crippen LogP contribution in [0.1, 0.15) is 38.5 Å². The van der Waals surface area contributed by atoms with Crippen molar-refractivity contribution in [3.63, 3.8) is 0 Å². The third-order valence-electron chi connectivity index (χ3n) is 2.14. The van der Waals surface area contributed by atoms with Gasteiger partial charge in [0, 0.05) is 6.42 Å². The van der Waals surface area contributed by atoms with Crippen molar-refractivity contribution in [3.8, 4) is 6.07 Å². The summed E-state index contributed by atoms with van der Waals surface area (Å²) >= 11 is 0. The van der Waals surface area contributed by atoms with E-state index in [2.05, 4.69) is 6.07 Å². The Labute approximate surface area is 68.8 Å². The molecule has 1 rings (SSSR count). The highest BCUT2D eigenvalue weighted by Gasteiger charge is 2.13. The lowest BCUT2D eigenvalue weighted by Gasteiger charge is -2.02. The maximum atomic E-state index is 8.28. The minimum atomic E-state index is 0. The molecule has 1 fully saturated rings.